The normalized spacial score (nSPS) is 11.8. The predicted molar refractivity (Wildman–Crippen MR) is 413 cm³/mol. The lowest BCUT2D eigenvalue weighted by Crippen LogP contribution is -1.93. The van der Waals surface area contributed by atoms with Crippen molar-refractivity contribution in [3.8, 4) is 100 Å². The Morgan fingerprint density at radius 2 is 0.281 bits per heavy atom. The molecule has 19 aromatic carbocycles. The summed E-state index contributed by atoms with van der Waals surface area (Å²) in [4.78, 5) is 0. The van der Waals surface area contributed by atoms with Crippen molar-refractivity contribution in [2.24, 2.45) is 0 Å². The summed E-state index contributed by atoms with van der Waals surface area (Å²) in [5.41, 5.74) is 22.1. The summed E-state index contributed by atoms with van der Waals surface area (Å²) in [6.07, 6.45) is 0. The van der Waals surface area contributed by atoms with Crippen LogP contribution in [0.2, 0.25) is 0 Å². The maximum absolute atomic E-state index is 2.37. The highest BCUT2D eigenvalue weighted by molar-refractivity contribution is 6.26. The van der Waals surface area contributed by atoms with Gasteiger partial charge in [0.15, 0.2) is 0 Å². The van der Waals surface area contributed by atoms with Crippen LogP contribution in [0.4, 0.5) is 0 Å². The van der Waals surface area contributed by atoms with Crippen molar-refractivity contribution in [1.82, 2.24) is 0 Å². The van der Waals surface area contributed by atoms with E-state index in [4.69, 9.17) is 0 Å². The van der Waals surface area contributed by atoms with Crippen LogP contribution in [-0.2, 0) is 0 Å². The van der Waals surface area contributed by atoms with E-state index in [2.05, 4.69) is 364 Å². The van der Waals surface area contributed by atoms with E-state index in [1.54, 1.807) is 0 Å². The highest BCUT2D eigenvalue weighted by atomic mass is 14.3. The molecule has 0 nitrogen and oxygen atoms in total. The first kappa shape index (κ1) is 55.2. The second-order valence-electron chi connectivity index (χ2n) is 25.6. The lowest BCUT2D eigenvalue weighted by atomic mass is 9.83. The molecule has 0 bridgehead atoms. The van der Waals surface area contributed by atoms with Crippen molar-refractivity contribution in [2.45, 2.75) is 0 Å². The molecule has 0 heterocycles. The molecule has 96 heavy (non-hydrogen) atoms. The summed E-state index contributed by atoms with van der Waals surface area (Å²) in [5, 5.41) is 22.5. The second-order valence-corrected chi connectivity index (χ2v) is 25.6. The van der Waals surface area contributed by atoms with Gasteiger partial charge in [0.1, 0.15) is 0 Å². The summed E-state index contributed by atoms with van der Waals surface area (Å²) < 4.78 is 0. The van der Waals surface area contributed by atoms with Crippen molar-refractivity contribution >= 4 is 97.0 Å². The quantitative estimate of drug-likeness (QED) is 0.126. The van der Waals surface area contributed by atoms with E-state index in [-0.39, 0.29) is 0 Å². The molecule has 0 N–H and O–H groups in total. The first-order valence-electron chi connectivity index (χ1n) is 33.4. The van der Waals surface area contributed by atoms with Crippen molar-refractivity contribution < 1.29 is 0 Å². The van der Waals surface area contributed by atoms with Crippen molar-refractivity contribution in [1.29, 1.82) is 0 Å². The molecule has 0 aliphatic carbocycles. The fraction of sp³-hybridized carbons (Fsp3) is 0. The fourth-order valence-electron chi connectivity index (χ4n) is 16.2. The van der Waals surface area contributed by atoms with Gasteiger partial charge in [-0.05, 0) is 197 Å². The Morgan fingerprint density at radius 3 is 0.615 bits per heavy atom. The Kier molecular flexibility index (Phi) is 13.0. The van der Waals surface area contributed by atoms with Crippen molar-refractivity contribution in [3.05, 3.63) is 364 Å². The molecule has 0 radical (unpaired) electrons. The molecule has 0 unspecified atom stereocenters. The molecule has 0 atom stereocenters. The van der Waals surface area contributed by atoms with Crippen molar-refractivity contribution in [2.75, 3.05) is 0 Å². The minimum atomic E-state index is 1.19. The molecule has 0 aliphatic rings. The molecule has 0 amide bonds. The number of benzene rings is 19. The molecule has 19 rings (SSSR count). The van der Waals surface area contributed by atoms with Crippen LogP contribution >= 0.6 is 0 Å². The van der Waals surface area contributed by atoms with Gasteiger partial charge in [-0.25, -0.2) is 0 Å². The van der Waals surface area contributed by atoms with Gasteiger partial charge in [-0.15, -0.1) is 0 Å². The molecule has 0 saturated carbocycles. The first-order valence-corrected chi connectivity index (χ1v) is 33.4. The van der Waals surface area contributed by atoms with Crippen LogP contribution in [-0.4, -0.2) is 0 Å². The molecule has 0 aromatic heterocycles. The van der Waals surface area contributed by atoms with Crippen LogP contribution in [0.3, 0.4) is 0 Å². The number of hydrogen-bond acceptors (Lipinski definition) is 0. The Balaban J connectivity index is 0.650. The summed E-state index contributed by atoms with van der Waals surface area (Å²) in [7, 11) is 0. The van der Waals surface area contributed by atoms with E-state index >= 15 is 0 Å². The zero-order valence-electron chi connectivity index (χ0n) is 52.6. The highest BCUT2D eigenvalue weighted by Gasteiger charge is 2.23. The third-order valence-electron chi connectivity index (χ3n) is 20.5. The fourth-order valence-corrected chi connectivity index (χ4v) is 16.2. The van der Waals surface area contributed by atoms with Gasteiger partial charge < -0.3 is 0 Å². The smallest absolute Gasteiger partial charge is 0.00201 e. The van der Waals surface area contributed by atoms with Gasteiger partial charge >= 0.3 is 0 Å². The SMILES string of the molecule is c1ccc2c(-c3ccc(-c4c5ccccc5c(-c5ccc(-c6ccc(-c7ccc(-c8ccc(-c9ccc(-c%10c%11ccccc%11c(-c%11cccc%12ccccc%11%12)c%11ccccc%10%11)cc9)c9ccccc89)c8ccccc78)cc6)c6ccccc56)c5ccccc45)cc3)cccc2c1. The van der Waals surface area contributed by atoms with E-state index in [1.165, 1.54) is 197 Å². The molecule has 0 aliphatic heterocycles. The zero-order chi connectivity index (χ0) is 63.2. The van der Waals surface area contributed by atoms with Crippen LogP contribution in [0.5, 0.6) is 0 Å². The van der Waals surface area contributed by atoms with E-state index < -0.39 is 0 Å². The van der Waals surface area contributed by atoms with Crippen LogP contribution in [0.1, 0.15) is 0 Å². The lowest BCUT2D eigenvalue weighted by Gasteiger charge is -2.20. The van der Waals surface area contributed by atoms with Crippen LogP contribution in [0.25, 0.3) is 197 Å². The summed E-state index contributed by atoms with van der Waals surface area (Å²) in [6.45, 7) is 0. The molecular formula is C96H60. The van der Waals surface area contributed by atoms with E-state index in [0.29, 0.717) is 0 Å². The van der Waals surface area contributed by atoms with Crippen molar-refractivity contribution in [3.63, 3.8) is 0 Å². The largest absolute Gasteiger partial charge is 0.0616 e. The Labute approximate surface area is 557 Å². The Morgan fingerprint density at radius 1 is 0.0938 bits per heavy atom. The molecular weight excluding hydrogens is 1150 g/mol. The molecule has 0 spiro atoms. The van der Waals surface area contributed by atoms with E-state index in [1.807, 2.05) is 0 Å². The van der Waals surface area contributed by atoms with E-state index in [0.717, 1.165) is 0 Å². The van der Waals surface area contributed by atoms with E-state index in [9.17, 15) is 0 Å². The maximum atomic E-state index is 2.37. The minimum Gasteiger partial charge on any atom is -0.0616 e. The lowest BCUT2D eigenvalue weighted by molar-refractivity contribution is 1.61. The molecule has 0 saturated heterocycles. The van der Waals surface area contributed by atoms with Gasteiger partial charge in [-0.1, -0.05) is 364 Å². The summed E-state index contributed by atoms with van der Waals surface area (Å²) >= 11 is 0. The number of rotatable bonds is 9. The van der Waals surface area contributed by atoms with Gasteiger partial charge in [0, 0.05) is 0 Å². The van der Waals surface area contributed by atoms with Gasteiger partial charge in [0.2, 0.25) is 0 Å². The molecule has 19 aromatic rings. The molecule has 444 valence electrons. The zero-order valence-corrected chi connectivity index (χ0v) is 52.6. The minimum absolute atomic E-state index is 1.19. The maximum Gasteiger partial charge on any atom is -0.00201 e. The second kappa shape index (κ2) is 22.7. The van der Waals surface area contributed by atoms with Gasteiger partial charge in [0.25, 0.3) is 0 Å². The molecule has 0 heteroatoms. The third-order valence-corrected chi connectivity index (χ3v) is 20.5. The van der Waals surface area contributed by atoms with Gasteiger partial charge in [0.05, 0.1) is 0 Å². The monoisotopic (exact) mass is 1210 g/mol. The average molecular weight is 1210 g/mol. The summed E-state index contributed by atoms with van der Waals surface area (Å²) in [5.74, 6) is 0. The van der Waals surface area contributed by atoms with Crippen LogP contribution < -0.4 is 0 Å². The van der Waals surface area contributed by atoms with Crippen LogP contribution in [0, 0.1) is 0 Å². The summed E-state index contributed by atoms with van der Waals surface area (Å²) in [6, 6.07) is 135. The van der Waals surface area contributed by atoms with Gasteiger partial charge in [-0.3, -0.25) is 0 Å². The van der Waals surface area contributed by atoms with Crippen LogP contribution in [0.15, 0.2) is 364 Å². The predicted octanol–water partition coefficient (Wildman–Crippen LogP) is 27.1. The number of fused-ring (bicyclic) bond motifs is 9. The van der Waals surface area contributed by atoms with Gasteiger partial charge in [-0.2, -0.15) is 0 Å². The Bertz CT molecular complexity index is 6220. The molecule has 0 fully saturated rings. The standard InChI is InChI=1S/C96H60/c1-3-25-69-61(21-1)23-19-41-70(69)63-47-51-67(52-48-63)94-86-35-13-17-39-90(86)96(91-40-18-14-36-87(91)94)92-60-57-74(77-29-7-10-32-80(77)92)65-45-43-64(44-46-65)72-55-58-81(78-30-8-5-27-75(72)78)82-59-56-73(76-28-6-9-31-79(76)82)66-49-53-68(54-50-66)93-84-33-11-15-37-88(84)95(89-38-16-12-34-85(89)93)83-42-20-24-62-22-2-4-26-71(62)83/h1-60H. The topological polar surface area (TPSA) is 0 Å². The highest BCUT2D eigenvalue weighted by Crippen LogP contribution is 2.50. The number of hydrogen-bond donors (Lipinski definition) is 0. The third kappa shape index (κ3) is 8.91. The Hall–Kier alpha value is -12.5. The average Bonchev–Trinajstić information content (AvgIpc) is 0.761. The first-order chi connectivity index (χ1) is 47.7.